The van der Waals surface area contributed by atoms with Gasteiger partial charge in [0.15, 0.2) is 5.88 Å². The van der Waals surface area contributed by atoms with Crippen molar-refractivity contribution in [2.75, 3.05) is 0 Å². The first kappa shape index (κ1) is 8.81. The van der Waals surface area contributed by atoms with E-state index in [1.165, 1.54) is 6.92 Å². The van der Waals surface area contributed by atoms with E-state index in [2.05, 4.69) is 4.98 Å². The van der Waals surface area contributed by atoms with Gasteiger partial charge in [-0.25, -0.2) is 0 Å². The molecule has 0 fully saturated rings. The highest BCUT2D eigenvalue weighted by Crippen LogP contribution is 2.27. The highest BCUT2D eigenvalue weighted by Gasteiger charge is 2.09. The minimum absolute atomic E-state index is 0.0806. The van der Waals surface area contributed by atoms with Gasteiger partial charge in [-0.3, -0.25) is 4.79 Å². The van der Waals surface area contributed by atoms with Gasteiger partial charge in [0.25, 0.3) is 0 Å². The summed E-state index contributed by atoms with van der Waals surface area (Å²) in [7, 11) is 0. The van der Waals surface area contributed by atoms with Crippen LogP contribution in [0.1, 0.15) is 12.6 Å². The zero-order chi connectivity index (χ0) is 10.1. The van der Waals surface area contributed by atoms with Gasteiger partial charge < -0.3 is 10.1 Å². The third-order valence-electron chi connectivity index (χ3n) is 2.20. The molecular formula is C11H11NO2. The summed E-state index contributed by atoms with van der Waals surface area (Å²) < 4.78 is 0. The number of benzene rings is 1. The number of H-pyrrole nitrogens is 1. The molecule has 1 aromatic heterocycles. The molecule has 1 heterocycles. The SMILES string of the molecule is CC(=O)Cc1[nH]c(O)c2ccccc12. The first-order valence-electron chi connectivity index (χ1n) is 4.46. The van der Waals surface area contributed by atoms with Crippen molar-refractivity contribution < 1.29 is 9.90 Å². The van der Waals surface area contributed by atoms with Crippen LogP contribution in [-0.2, 0) is 11.2 Å². The number of Topliss-reactive ketones (excluding diaryl/α,β-unsaturated/α-hetero) is 1. The Bertz CT molecular complexity index is 485. The molecule has 2 aromatic rings. The highest BCUT2D eigenvalue weighted by atomic mass is 16.3. The summed E-state index contributed by atoms with van der Waals surface area (Å²) in [5.74, 6) is 0.217. The van der Waals surface area contributed by atoms with E-state index in [0.717, 1.165) is 16.5 Å². The topological polar surface area (TPSA) is 53.1 Å². The Morgan fingerprint density at radius 3 is 2.64 bits per heavy atom. The quantitative estimate of drug-likeness (QED) is 0.759. The molecule has 3 heteroatoms. The van der Waals surface area contributed by atoms with Crippen LogP contribution in [0.4, 0.5) is 0 Å². The number of carbonyl (C=O) groups excluding carboxylic acids is 1. The molecular weight excluding hydrogens is 178 g/mol. The average molecular weight is 189 g/mol. The van der Waals surface area contributed by atoms with Crippen molar-refractivity contribution in [3.63, 3.8) is 0 Å². The van der Waals surface area contributed by atoms with Crippen LogP contribution in [0.15, 0.2) is 24.3 Å². The monoisotopic (exact) mass is 189 g/mol. The lowest BCUT2D eigenvalue weighted by molar-refractivity contribution is -0.116. The maximum Gasteiger partial charge on any atom is 0.196 e. The fraction of sp³-hybridized carbons (Fsp3) is 0.182. The lowest BCUT2D eigenvalue weighted by atomic mass is 10.1. The first-order chi connectivity index (χ1) is 6.68. The molecule has 0 amide bonds. The summed E-state index contributed by atoms with van der Waals surface area (Å²) >= 11 is 0. The first-order valence-corrected chi connectivity index (χ1v) is 4.46. The Labute approximate surface area is 81.4 Å². The molecule has 0 atom stereocenters. The summed E-state index contributed by atoms with van der Waals surface area (Å²) in [6.07, 6.45) is 0.334. The van der Waals surface area contributed by atoms with Gasteiger partial charge in [0.2, 0.25) is 0 Å². The zero-order valence-corrected chi connectivity index (χ0v) is 7.87. The number of fused-ring (bicyclic) bond motifs is 1. The van der Waals surface area contributed by atoms with Crippen LogP contribution in [0.25, 0.3) is 10.8 Å². The summed E-state index contributed by atoms with van der Waals surface area (Å²) in [5.41, 5.74) is 0.783. The number of aromatic hydroxyl groups is 1. The second-order valence-electron chi connectivity index (χ2n) is 3.38. The summed E-state index contributed by atoms with van der Waals surface area (Å²) in [5, 5.41) is 11.2. The van der Waals surface area contributed by atoms with E-state index in [1.54, 1.807) is 0 Å². The van der Waals surface area contributed by atoms with Gasteiger partial charge in [-0.05, 0) is 13.0 Å². The molecule has 0 saturated heterocycles. The lowest BCUT2D eigenvalue weighted by Crippen LogP contribution is -1.96. The van der Waals surface area contributed by atoms with Gasteiger partial charge in [0, 0.05) is 22.9 Å². The van der Waals surface area contributed by atoms with E-state index >= 15 is 0 Å². The third-order valence-corrected chi connectivity index (χ3v) is 2.20. The maximum atomic E-state index is 11.0. The molecule has 1 aromatic carbocycles. The van der Waals surface area contributed by atoms with Crippen molar-refractivity contribution in [2.24, 2.45) is 0 Å². The van der Waals surface area contributed by atoms with Crippen LogP contribution in [0.3, 0.4) is 0 Å². The van der Waals surface area contributed by atoms with Crippen molar-refractivity contribution in [3.05, 3.63) is 30.0 Å². The van der Waals surface area contributed by atoms with E-state index in [0.29, 0.717) is 6.42 Å². The van der Waals surface area contributed by atoms with Crippen molar-refractivity contribution in [1.82, 2.24) is 4.98 Å². The number of rotatable bonds is 2. The van der Waals surface area contributed by atoms with E-state index in [9.17, 15) is 9.90 Å². The predicted molar refractivity (Wildman–Crippen MR) is 54.3 cm³/mol. The van der Waals surface area contributed by atoms with Crippen molar-refractivity contribution in [2.45, 2.75) is 13.3 Å². The van der Waals surface area contributed by atoms with E-state index in [1.807, 2.05) is 24.3 Å². The molecule has 0 bridgehead atoms. The van der Waals surface area contributed by atoms with Crippen LogP contribution in [0.2, 0.25) is 0 Å². The Kier molecular flexibility index (Phi) is 2.00. The molecule has 72 valence electrons. The number of hydrogen-bond acceptors (Lipinski definition) is 2. The van der Waals surface area contributed by atoms with Crippen molar-refractivity contribution >= 4 is 16.6 Å². The molecule has 0 radical (unpaired) electrons. The standard InChI is InChI=1S/C11H11NO2/c1-7(13)6-10-8-4-2-3-5-9(8)11(14)12-10/h2-5,12,14H,6H2,1H3. The van der Waals surface area contributed by atoms with Crippen molar-refractivity contribution in [1.29, 1.82) is 0 Å². The number of carbonyl (C=O) groups is 1. The molecule has 0 unspecified atom stereocenters. The molecule has 2 N–H and O–H groups in total. The minimum Gasteiger partial charge on any atom is -0.494 e. The van der Waals surface area contributed by atoms with Gasteiger partial charge in [-0.2, -0.15) is 0 Å². The van der Waals surface area contributed by atoms with Crippen LogP contribution >= 0.6 is 0 Å². The number of hydrogen-bond donors (Lipinski definition) is 2. The molecule has 0 aliphatic rings. The Balaban J connectivity index is 2.60. The van der Waals surface area contributed by atoms with Crippen molar-refractivity contribution in [3.8, 4) is 5.88 Å². The molecule has 0 aliphatic heterocycles. The number of aromatic nitrogens is 1. The zero-order valence-electron chi connectivity index (χ0n) is 7.87. The second-order valence-corrected chi connectivity index (χ2v) is 3.38. The third kappa shape index (κ3) is 1.37. The Morgan fingerprint density at radius 2 is 2.00 bits per heavy atom. The highest BCUT2D eigenvalue weighted by molar-refractivity contribution is 5.93. The van der Waals surface area contributed by atoms with Crippen LogP contribution in [0.5, 0.6) is 5.88 Å². The number of aromatic amines is 1. The van der Waals surface area contributed by atoms with Gasteiger partial charge >= 0.3 is 0 Å². The molecule has 0 spiro atoms. The van der Waals surface area contributed by atoms with Gasteiger partial charge in [0.1, 0.15) is 5.78 Å². The second kappa shape index (κ2) is 3.18. The minimum atomic E-state index is 0.0806. The average Bonchev–Trinajstić information content (AvgIpc) is 2.44. The fourth-order valence-corrected chi connectivity index (χ4v) is 1.62. The lowest BCUT2D eigenvalue weighted by Gasteiger charge is -1.93. The molecule has 3 nitrogen and oxygen atoms in total. The largest absolute Gasteiger partial charge is 0.494 e. The predicted octanol–water partition coefficient (Wildman–Crippen LogP) is 2.00. The smallest absolute Gasteiger partial charge is 0.196 e. The Morgan fingerprint density at radius 1 is 1.36 bits per heavy atom. The molecule has 0 aliphatic carbocycles. The number of ketones is 1. The van der Waals surface area contributed by atoms with Gasteiger partial charge in [-0.15, -0.1) is 0 Å². The molecule has 0 saturated carbocycles. The summed E-state index contributed by atoms with van der Waals surface area (Å²) in [4.78, 5) is 13.8. The maximum absolute atomic E-state index is 11.0. The Hall–Kier alpha value is -1.77. The van der Waals surface area contributed by atoms with Gasteiger partial charge in [0.05, 0.1) is 0 Å². The molecule has 14 heavy (non-hydrogen) atoms. The number of nitrogens with one attached hydrogen (secondary N) is 1. The normalized spacial score (nSPS) is 10.6. The van der Waals surface area contributed by atoms with E-state index in [-0.39, 0.29) is 11.7 Å². The van der Waals surface area contributed by atoms with Crippen LogP contribution in [-0.4, -0.2) is 15.9 Å². The van der Waals surface area contributed by atoms with Crippen LogP contribution < -0.4 is 0 Å². The van der Waals surface area contributed by atoms with E-state index < -0.39 is 0 Å². The van der Waals surface area contributed by atoms with Crippen LogP contribution in [0, 0.1) is 0 Å². The summed E-state index contributed by atoms with van der Waals surface area (Å²) in [6.45, 7) is 1.53. The summed E-state index contributed by atoms with van der Waals surface area (Å²) in [6, 6.07) is 7.46. The van der Waals surface area contributed by atoms with E-state index in [4.69, 9.17) is 0 Å². The molecule has 2 rings (SSSR count). The van der Waals surface area contributed by atoms with Gasteiger partial charge in [-0.1, -0.05) is 18.2 Å². The fourth-order valence-electron chi connectivity index (χ4n) is 1.62.